The van der Waals surface area contributed by atoms with Gasteiger partial charge in [-0.05, 0) is 30.9 Å². The molecule has 1 saturated heterocycles. The number of amides is 2. The van der Waals surface area contributed by atoms with Crippen molar-refractivity contribution in [1.82, 2.24) is 4.90 Å². The van der Waals surface area contributed by atoms with Crippen molar-refractivity contribution in [3.63, 3.8) is 0 Å². The Balaban J connectivity index is 1.75. The summed E-state index contributed by atoms with van der Waals surface area (Å²) in [6.07, 6.45) is 4.01. The van der Waals surface area contributed by atoms with Crippen LogP contribution in [0.15, 0.2) is 54.6 Å². The predicted octanol–water partition coefficient (Wildman–Crippen LogP) is 4.47. The highest BCUT2D eigenvalue weighted by molar-refractivity contribution is 6.00. The number of hydrogen-bond acceptors (Lipinski definition) is 2. The van der Waals surface area contributed by atoms with E-state index in [1.165, 1.54) is 0 Å². The van der Waals surface area contributed by atoms with Crippen LogP contribution in [0.2, 0.25) is 0 Å². The number of benzene rings is 2. The summed E-state index contributed by atoms with van der Waals surface area (Å²) in [6, 6.07) is 17.4. The Kier molecular flexibility index (Phi) is 6.05. The molecule has 1 fully saturated rings. The lowest BCUT2D eigenvalue weighted by Gasteiger charge is -2.24. The van der Waals surface area contributed by atoms with Gasteiger partial charge in [0.2, 0.25) is 11.8 Å². The van der Waals surface area contributed by atoms with Crippen LogP contribution in [0, 0.1) is 0 Å². The Morgan fingerprint density at radius 3 is 2.58 bits per heavy atom. The highest BCUT2D eigenvalue weighted by Gasteiger charge is 2.33. The molecule has 0 bridgehead atoms. The molecule has 4 nitrogen and oxygen atoms in total. The van der Waals surface area contributed by atoms with Crippen LogP contribution in [-0.2, 0) is 9.59 Å². The van der Waals surface area contributed by atoms with Crippen LogP contribution in [-0.4, -0.2) is 29.3 Å². The van der Waals surface area contributed by atoms with Crippen molar-refractivity contribution in [2.24, 2.45) is 0 Å². The van der Waals surface area contributed by atoms with Gasteiger partial charge in [0.05, 0.1) is 0 Å². The smallest absolute Gasteiger partial charge is 0.247 e. The van der Waals surface area contributed by atoms with E-state index in [1.807, 2.05) is 54.6 Å². The first-order valence-corrected chi connectivity index (χ1v) is 9.45. The Morgan fingerprint density at radius 1 is 1.08 bits per heavy atom. The number of anilines is 1. The molecular formula is C22H26N2O2. The standard InChI is InChI=1S/C22H26N2O2/c1-2-3-15-21(25)24-16-9-14-20(24)22(26)23-19-13-8-7-12-18(19)17-10-5-4-6-11-17/h4-8,10-13,20H,2-3,9,14-16H2,1H3,(H,23,26). The van der Waals surface area contributed by atoms with Crippen LogP contribution in [0.5, 0.6) is 0 Å². The number of nitrogens with one attached hydrogen (secondary N) is 1. The SMILES string of the molecule is CCCCC(=O)N1CCCC1C(=O)Nc1ccccc1-c1ccccc1. The van der Waals surface area contributed by atoms with Gasteiger partial charge in [0.25, 0.3) is 0 Å². The minimum absolute atomic E-state index is 0.0873. The number of likely N-dealkylation sites (tertiary alicyclic amines) is 1. The van der Waals surface area contributed by atoms with Crippen LogP contribution in [0.1, 0.15) is 39.0 Å². The first-order valence-electron chi connectivity index (χ1n) is 9.45. The normalized spacial score (nSPS) is 16.5. The third kappa shape index (κ3) is 4.13. The zero-order chi connectivity index (χ0) is 18.4. The van der Waals surface area contributed by atoms with Crippen molar-refractivity contribution < 1.29 is 9.59 Å². The minimum atomic E-state index is -0.358. The molecule has 0 aliphatic carbocycles. The summed E-state index contributed by atoms with van der Waals surface area (Å²) >= 11 is 0. The van der Waals surface area contributed by atoms with E-state index in [2.05, 4.69) is 12.2 Å². The Morgan fingerprint density at radius 2 is 1.81 bits per heavy atom. The summed E-state index contributed by atoms with van der Waals surface area (Å²) in [7, 11) is 0. The highest BCUT2D eigenvalue weighted by atomic mass is 16.2. The molecule has 1 atom stereocenters. The van der Waals surface area contributed by atoms with Gasteiger partial charge in [0.1, 0.15) is 6.04 Å². The first kappa shape index (κ1) is 18.2. The van der Waals surface area contributed by atoms with Crippen LogP contribution in [0.4, 0.5) is 5.69 Å². The van der Waals surface area contributed by atoms with Gasteiger partial charge in [-0.25, -0.2) is 0 Å². The monoisotopic (exact) mass is 350 g/mol. The van der Waals surface area contributed by atoms with Crippen molar-refractivity contribution in [3.8, 4) is 11.1 Å². The van der Waals surface area contributed by atoms with Gasteiger partial charge in [-0.15, -0.1) is 0 Å². The number of carbonyl (C=O) groups excluding carboxylic acids is 2. The summed E-state index contributed by atoms with van der Waals surface area (Å²) in [6.45, 7) is 2.75. The first-order chi connectivity index (χ1) is 12.7. The third-order valence-corrected chi connectivity index (χ3v) is 4.89. The molecule has 0 spiro atoms. The summed E-state index contributed by atoms with van der Waals surface area (Å²) in [5.74, 6) is 0.0107. The van der Waals surface area contributed by atoms with Crippen LogP contribution in [0.25, 0.3) is 11.1 Å². The van der Waals surface area contributed by atoms with Gasteiger partial charge in [-0.2, -0.15) is 0 Å². The fourth-order valence-electron chi connectivity index (χ4n) is 3.49. The second-order valence-electron chi connectivity index (χ2n) is 6.75. The summed E-state index contributed by atoms with van der Waals surface area (Å²) in [5, 5.41) is 3.06. The summed E-state index contributed by atoms with van der Waals surface area (Å²) in [4.78, 5) is 27.0. The molecule has 0 saturated carbocycles. The molecule has 1 aliphatic rings. The quantitative estimate of drug-likeness (QED) is 0.835. The molecule has 1 aliphatic heterocycles. The van der Waals surface area contributed by atoms with Gasteiger partial charge < -0.3 is 10.2 Å². The Labute approximate surface area is 155 Å². The van der Waals surface area contributed by atoms with Gasteiger partial charge in [0.15, 0.2) is 0 Å². The fraction of sp³-hybridized carbons (Fsp3) is 0.364. The van der Waals surface area contributed by atoms with Crippen LogP contribution >= 0.6 is 0 Å². The van der Waals surface area contributed by atoms with E-state index in [0.29, 0.717) is 13.0 Å². The van der Waals surface area contributed by atoms with Gasteiger partial charge in [-0.1, -0.05) is 61.9 Å². The summed E-state index contributed by atoms with van der Waals surface area (Å²) in [5.41, 5.74) is 2.84. The second-order valence-corrected chi connectivity index (χ2v) is 6.75. The van der Waals surface area contributed by atoms with Gasteiger partial charge >= 0.3 is 0 Å². The van der Waals surface area contributed by atoms with Gasteiger partial charge in [0, 0.05) is 24.2 Å². The Bertz CT molecular complexity index is 758. The summed E-state index contributed by atoms with van der Waals surface area (Å²) < 4.78 is 0. The number of carbonyl (C=O) groups is 2. The number of unbranched alkanes of at least 4 members (excludes halogenated alkanes) is 1. The average molecular weight is 350 g/mol. The molecule has 0 radical (unpaired) electrons. The molecule has 4 heteroatoms. The molecule has 136 valence electrons. The number of para-hydroxylation sites is 1. The molecule has 1 unspecified atom stereocenters. The maximum atomic E-state index is 12.9. The molecule has 2 aromatic carbocycles. The fourth-order valence-corrected chi connectivity index (χ4v) is 3.49. The molecule has 1 N–H and O–H groups in total. The average Bonchev–Trinajstić information content (AvgIpc) is 3.17. The molecule has 0 aromatic heterocycles. The number of nitrogens with zero attached hydrogens (tertiary/aromatic N) is 1. The lowest BCUT2D eigenvalue weighted by Crippen LogP contribution is -2.43. The maximum Gasteiger partial charge on any atom is 0.247 e. The Hall–Kier alpha value is -2.62. The predicted molar refractivity (Wildman–Crippen MR) is 105 cm³/mol. The van der Waals surface area contributed by atoms with E-state index in [9.17, 15) is 9.59 Å². The molecule has 3 rings (SSSR count). The lowest BCUT2D eigenvalue weighted by molar-refractivity contribution is -0.136. The van der Waals surface area contributed by atoms with E-state index >= 15 is 0 Å². The van der Waals surface area contributed by atoms with Crippen molar-refractivity contribution >= 4 is 17.5 Å². The third-order valence-electron chi connectivity index (χ3n) is 4.89. The van der Waals surface area contributed by atoms with Gasteiger partial charge in [-0.3, -0.25) is 9.59 Å². The van der Waals surface area contributed by atoms with Crippen LogP contribution < -0.4 is 5.32 Å². The van der Waals surface area contributed by atoms with E-state index < -0.39 is 0 Å². The molecule has 2 amide bonds. The van der Waals surface area contributed by atoms with Crippen molar-refractivity contribution in [3.05, 3.63) is 54.6 Å². The van der Waals surface area contributed by atoms with Crippen molar-refractivity contribution in [2.75, 3.05) is 11.9 Å². The minimum Gasteiger partial charge on any atom is -0.331 e. The highest BCUT2D eigenvalue weighted by Crippen LogP contribution is 2.29. The van der Waals surface area contributed by atoms with E-state index in [1.54, 1.807) is 4.90 Å². The second kappa shape index (κ2) is 8.65. The molecule has 2 aromatic rings. The topological polar surface area (TPSA) is 49.4 Å². The number of rotatable bonds is 6. The zero-order valence-electron chi connectivity index (χ0n) is 15.3. The van der Waals surface area contributed by atoms with E-state index in [0.717, 1.165) is 42.5 Å². The maximum absolute atomic E-state index is 12.9. The van der Waals surface area contributed by atoms with E-state index in [4.69, 9.17) is 0 Å². The molecule has 26 heavy (non-hydrogen) atoms. The van der Waals surface area contributed by atoms with Crippen LogP contribution in [0.3, 0.4) is 0 Å². The van der Waals surface area contributed by atoms with E-state index in [-0.39, 0.29) is 17.9 Å². The number of hydrogen-bond donors (Lipinski definition) is 1. The van der Waals surface area contributed by atoms with Crippen molar-refractivity contribution in [2.45, 2.75) is 45.1 Å². The largest absolute Gasteiger partial charge is 0.331 e. The zero-order valence-corrected chi connectivity index (χ0v) is 15.3. The molecular weight excluding hydrogens is 324 g/mol. The van der Waals surface area contributed by atoms with Crippen molar-refractivity contribution in [1.29, 1.82) is 0 Å². The molecule has 1 heterocycles. The lowest BCUT2D eigenvalue weighted by atomic mass is 10.0.